The molecular formula is C11H15NO3S. The Hall–Kier alpha value is -0.910. The number of carbonyl (C=O) groups excluding carboxylic acids is 1. The van der Waals surface area contributed by atoms with E-state index in [1.54, 1.807) is 11.3 Å². The van der Waals surface area contributed by atoms with Crippen LogP contribution in [-0.4, -0.2) is 37.4 Å². The molecule has 1 aliphatic heterocycles. The van der Waals surface area contributed by atoms with E-state index in [2.05, 4.69) is 5.32 Å². The summed E-state index contributed by atoms with van der Waals surface area (Å²) in [5.74, 6) is -0.0993. The molecule has 0 atom stereocenters. The van der Waals surface area contributed by atoms with Crippen molar-refractivity contribution in [2.75, 3.05) is 26.4 Å². The van der Waals surface area contributed by atoms with Gasteiger partial charge in [0.1, 0.15) is 5.41 Å². The van der Waals surface area contributed by atoms with Crippen LogP contribution in [0.4, 0.5) is 0 Å². The predicted molar refractivity (Wildman–Crippen MR) is 61.4 cm³/mol. The lowest BCUT2D eigenvalue weighted by Crippen LogP contribution is -2.56. The zero-order valence-corrected chi connectivity index (χ0v) is 9.76. The zero-order valence-electron chi connectivity index (χ0n) is 8.94. The Kier molecular flexibility index (Phi) is 3.58. The molecule has 16 heavy (non-hydrogen) atoms. The van der Waals surface area contributed by atoms with E-state index in [0.29, 0.717) is 19.8 Å². The fourth-order valence-electron chi connectivity index (χ4n) is 1.58. The molecule has 2 rings (SSSR count). The minimum absolute atomic E-state index is 0.0993. The van der Waals surface area contributed by atoms with E-state index in [4.69, 9.17) is 9.84 Å². The van der Waals surface area contributed by atoms with Crippen LogP contribution < -0.4 is 5.32 Å². The van der Waals surface area contributed by atoms with Crippen molar-refractivity contribution in [2.24, 2.45) is 5.41 Å². The number of amides is 1. The second kappa shape index (κ2) is 4.95. The number of aliphatic hydroxyl groups excluding tert-OH is 1. The summed E-state index contributed by atoms with van der Waals surface area (Å²) in [6.07, 6.45) is 0.839. The molecule has 88 valence electrons. The molecule has 0 aromatic carbocycles. The first-order valence-corrected chi connectivity index (χ1v) is 6.14. The molecule has 2 heterocycles. The molecule has 1 saturated heterocycles. The van der Waals surface area contributed by atoms with Crippen molar-refractivity contribution in [1.82, 2.24) is 5.32 Å². The molecule has 1 aliphatic rings. The zero-order chi connectivity index (χ0) is 11.4. The van der Waals surface area contributed by atoms with E-state index >= 15 is 0 Å². The van der Waals surface area contributed by atoms with Gasteiger partial charge in [0.2, 0.25) is 5.91 Å². The van der Waals surface area contributed by atoms with Crippen LogP contribution in [0.3, 0.4) is 0 Å². The van der Waals surface area contributed by atoms with Crippen LogP contribution in [0.5, 0.6) is 0 Å². The summed E-state index contributed by atoms with van der Waals surface area (Å²) in [4.78, 5) is 13.0. The van der Waals surface area contributed by atoms with Gasteiger partial charge < -0.3 is 15.2 Å². The Bertz CT molecular complexity index is 341. The van der Waals surface area contributed by atoms with E-state index in [-0.39, 0.29) is 12.5 Å². The van der Waals surface area contributed by atoms with Gasteiger partial charge in [-0.3, -0.25) is 4.79 Å². The molecule has 0 spiro atoms. The number of rotatable bonds is 5. The summed E-state index contributed by atoms with van der Waals surface area (Å²) in [5, 5.41) is 14.0. The molecule has 0 aliphatic carbocycles. The van der Waals surface area contributed by atoms with Gasteiger partial charge in [0.15, 0.2) is 0 Å². The second-order valence-electron chi connectivity index (χ2n) is 4.02. The van der Waals surface area contributed by atoms with E-state index < -0.39 is 5.41 Å². The summed E-state index contributed by atoms with van der Waals surface area (Å²) in [6.45, 7) is 1.13. The van der Waals surface area contributed by atoms with Crippen molar-refractivity contribution in [3.63, 3.8) is 0 Å². The van der Waals surface area contributed by atoms with Crippen molar-refractivity contribution < 1.29 is 14.6 Å². The number of nitrogens with one attached hydrogen (secondary N) is 1. The summed E-state index contributed by atoms with van der Waals surface area (Å²) in [6, 6.07) is 4.04. The van der Waals surface area contributed by atoms with Crippen LogP contribution in [-0.2, 0) is 16.0 Å². The third-order valence-corrected chi connectivity index (χ3v) is 3.71. The Balaban J connectivity index is 1.75. The van der Waals surface area contributed by atoms with Gasteiger partial charge in [-0.15, -0.1) is 11.3 Å². The third kappa shape index (κ3) is 2.26. The van der Waals surface area contributed by atoms with Crippen molar-refractivity contribution in [2.45, 2.75) is 6.42 Å². The average Bonchev–Trinajstić information content (AvgIpc) is 2.70. The molecule has 0 unspecified atom stereocenters. The quantitative estimate of drug-likeness (QED) is 0.785. The Labute approximate surface area is 98.2 Å². The van der Waals surface area contributed by atoms with E-state index in [9.17, 15) is 4.79 Å². The van der Waals surface area contributed by atoms with Crippen LogP contribution in [0.2, 0.25) is 0 Å². The predicted octanol–water partition coefficient (Wildman–Crippen LogP) is 0.416. The van der Waals surface area contributed by atoms with Crippen molar-refractivity contribution in [1.29, 1.82) is 0 Å². The third-order valence-electron chi connectivity index (χ3n) is 2.78. The number of carbonyl (C=O) groups is 1. The topological polar surface area (TPSA) is 58.6 Å². The summed E-state index contributed by atoms with van der Waals surface area (Å²) < 4.78 is 4.98. The van der Waals surface area contributed by atoms with Crippen LogP contribution in [0.1, 0.15) is 4.88 Å². The lowest BCUT2D eigenvalue weighted by molar-refractivity contribution is -0.169. The van der Waals surface area contributed by atoms with Crippen molar-refractivity contribution in [3.8, 4) is 0 Å². The first-order chi connectivity index (χ1) is 7.77. The maximum Gasteiger partial charge on any atom is 0.233 e. The van der Waals surface area contributed by atoms with Gasteiger partial charge in [-0.05, 0) is 17.9 Å². The van der Waals surface area contributed by atoms with Gasteiger partial charge in [0.25, 0.3) is 0 Å². The van der Waals surface area contributed by atoms with E-state index in [1.165, 1.54) is 4.88 Å². The second-order valence-corrected chi connectivity index (χ2v) is 5.05. The monoisotopic (exact) mass is 241 g/mol. The molecule has 5 heteroatoms. The summed E-state index contributed by atoms with van der Waals surface area (Å²) in [5.41, 5.74) is -0.685. The van der Waals surface area contributed by atoms with E-state index in [0.717, 1.165) is 6.42 Å². The molecule has 0 saturated carbocycles. The van der Waals surface area contributed by atoms with Gasteiger partial charge in [-0.2, -0.15) is 0 Å². The molecule has 1 amide bonds. The number of ether oxygens (including phenoxy) is 1. The molecule has 2 N–H and O–H groups in total. The smallest absolute Gasteiger partial charge is 0.233 e. The fraction of sp³-hybridized carbons (Fsp3) is 0.545. The van der Waals surface area contributed by atoms with Crippen molar-refractivity contribution >= 4 is 17.2 Å². The number of thiophene rings is 1. The maximum atomic E-state index is 11.8. The molecular weight excluding hydrogens is 226 g/mol. The number of aliphatic hydroxyl groups is 1. The minimum atomic E-state index is -0.685. The SMILES string of the molecule is O=C(NCCc1cccs1)C1(CO)COC1. The molecule has 1 aromatic heterocycles. The lowest BCUT2D eigenvalue weighted by Gasteiger charge is -2.38. The van der Waals surface area contributed by atoms with Crippen LogP contribution in [0, 0.1) is 5.41 Å². The molecule has 0 radical (unpaired) electrons. The van der Waals surface area contributed by atoms with Crippen LogP contribution >= 0.6 is 11.3 Å². The maximum absolute atomic E-state index is 11.8. The highest BCUT2D eigenvalue weighted by Gasteiger charge is 2.45. The molecule has 1 fully saturated rings. The van der Waals surface area contributed by atoms with Gasteiger partial charge in [0, 0.05) is 11.4 Å². The van der Waals surface area contributed by atoms with Crippen LogP contribution in [0.15, 0.2) is 17.5 Å². The first kappa shape index (κ1) is 11.6. The van der Waals surface area contributed by atoms with Gasteiger partial charge in [-0.1, -0.05) is 6.07 Å². The molecule has 1 aromatic rings. The minimum Gasteiger partial charge on any atom is -0.395 e. The summed E-state index contributed by atoms with van der Waals surface area (Å²) in [7, 11) is 0. The first-order valence-electron chi connectivity index (χ1n) is 5.26. The standard InChI is InChI=1S/C11H15NO3S/c13-6-11(7-15-8-11)10(14)12-4-3-9-2-1-5-16-9/h1-2,5,13H,3-4,6-8H2,(H,12,14). The highest BCUT2D eigenvalue weighted by Crippen LogP contribution is 2.26. The van der Waals surface area contributed by atoms with Crippen molar-refractivity contribution in [3.05, 3.63) is 22.4 Å². The fourth-order valence-corrected chi connectivity index (χ4v) is 2.29. The molecule has 0 bridgehead atoms. The van der Waals surface area contributed by atoms with Gasteiger partial charge >= 0.3 is 0 Å². The Morgan fingerprint density at radius 3 is 2.94 bits per heavy atom. The van der Waals surface area contributed by atoms with Gasteiger partial charge in [0.05, 0.1) is 19.8 Å². The summed E-state index contributed by atoms with van der Waals surface area (Å²) >= 11 is 1.68. The Morgan fingerprint density at radius 1 is 1.62 bits per heavy atom. The number of hydrogen-bond donors (Lipinski definition) is 2. The molecule has 4 nitrogen and oxygen atoms in total. The van der Waals surface area contributed by atoms with Gasteiger partial charge in [-0.25, -0.2) is 0 Å². The largest absolute Gasteiger partial charge is 0.395 e. The normalized spacial score (nSPS) is 17.8. The lowest BCUT2D eigenvalue weighted by atomic mass is 9.86. The number of hydrogen-bond acceptors (Lipinski definition) is 4. The highest BCUT2D eigenvalue weighted by atomic mass is 32.1. The van der Waals surface area contributed by atoms with E-state index in [1.807, 2.05) is 17.5 Å². The van der Waals surface area contributed by atoms with Crippen LogP contribution in [0.25, 0.3) is 0 Å². The average molecular weight is 241 g/mol. The Morgan fingerprint density at radius 2 is 2.44 bits per heavy atom. The highest BCUT2D eigenvalue weighted by molar-refractivity contribution is 7.09.